The predicted octanol–water partition coefficient (Wildman–Crippen LogP) is 3.24. The fourth-order valence-electron chi connectivity index (χ4n) is 2.90. The quantitative estimate of drug-likeness (QED) is 0.814. The van der Waals surface area contributed by atoms with Gasteiger partial charge in [-0.1, -0.05) is 48.1 Å². The Kier molecular flexibility index (Phi) is 3.10. The second kappa shape index (κ2) is 4.89. The SMILES string of the molecule is C1=CC2=C(CC1)CCNC2Cc1ccccc1. The second-order valence-electron chi connectivity index (χ2n) is 4.95. The van der Waals surface area contributed by atoms with E-state index in [1.165, 1.54) is 24.8 Å². The molecule has 3 rings (SSSR count). The van der Waals surface area contributed by atoms with E-state index in [0.29, 0.717) is 6.04 Å². The Bertz CT molecular complexity index is 442. The summed E-state index contributed by atoms with van der Waals surface area (Å²) in [5.74, 6) is 0. The molecule has 1 aliphatic carbocycles. The van der Waals surface area contributed by atoms with Gasteiger partial charge in [0.25, 0.3) is 0 Å². The first-order chi connectivity index (χ1) is 8.43. The van der Waals surface area contributed by atoms with Crippen molar-refractivity contribution in [1.82, 2.24) is 5.32 Å². The van der Waals surface area contributed by atoms with Gasteiger partial charge < -0.3 is 5.32 Å². The molecule has 0 aromatic heterocycles. The molecule has 1 atom stereocenters. The standard InChI is InChI=1S/C16H19N/c1-2-6-13(7-3-1)12-16-15-9-5-4-8-14(15)10-11-17-16/h1-3,5-7,9,16-17H,4,8,10-12H2. The van der Waals surface area contributed by atoms with Crippen molar-refractivity contribution in [2.75, 3.05) is 6.54 Å². The van der Waals surface area contributed by atoms with Crippen molar-refractivity contribution in [3.63, 3.8) is 0 Å². The third-order valence-corrected chi connectivity index (χ3v) is 3.79. The van der Waals surface area contributed by atoms with Gasteiger partial charge in [-0.3, -0.25) is 0 Å². The molecule has 0 amide bonds. The molecule has 1 N–H and O–H groups in total. The highest BCUT2D eigenvalue weighted by atomic mass is 14.9. The summed E-state index contributed by atoms with van der Waals surface area (Å²) < 4.78 is 0. The van der Waals surface area contributed by atoms with E-state index in [2.05, 4.69) is 47.8 Å². The fourth-order valence-corrected chi connectivity index (χ4v) is 2.90. The Hall–Kier alpha value is -1.34. The maximum absolute atomic E-state index is 3.66. The van der Waals surface area contributed by atoms with Crippen LogP contribution in [0.1, 0.15) is 24.8 Å². The lowest BCUT2D eigenvalue weighted by Crippen LogP contribution is -2.38. The lowest BCUT2D eigenvalue weighted by atomic mass is 9.85. The summed E-state index contributed by atoms with van der Waals surface area (Å²) in [7, 11) is 0. The van der Waals surface area contributed by atoms with E-state index in [1.54, 1.807) is 11.1 Å². The molecule has 1 nitrogen and oxygen atoms in total. The molecule has 88 valence electrons. The van der Waals surface area contributed by atoms with Crippen LogP contribution in [-0.2, 0) is 6.42 Å². The number of hydrogen-bond acceptors (Lipinski definition) is 1. The first-order valence-corrected chi connectivity index (χ1v) is 6.59. The summed E-state index contributed by atoms with van der Waals surface area (Å²) in [6.07, 6.45) is 9.53. The predicted molar refractivity (Wildman–Crippen MR) is 72.0 cm³/mol. The zero-order valence-corrected chi connectivity index (χ0v) is 10.2. The summed E-state index contributed by atoms with van der Waals surface area (Å²) in [6.45, 7) is 1.14. The lowest BCUT2D eigenvalue weighted by molar-refractivity contribution is 0.528. The molecule has 1 heteroatoms. The number of allylic oxidation sites excluding steroid dienone is 1. The van der Waals surface area contributed by atoms with E-state index in [9.17, 15) is 0 Å². The first-order valence-electron chi connectivity index (χ1n) is 6.59. The van der Waals surface area contributed by atoms with Crippen molar-refractivity contribution >= 4 is 0 Å². The van der Waals surface area contributed by atoms with Gasteiger partial charge in [-0.2, -0.15) is 0 Å². The van der Waals surface area contributed by atoms with Gasteiger partial charge in [-0.15, -0.1) is 0 Å². The van der Waals surface area contributed by atoms with Crippen molar-refractivity contribution in [2.24, 2.45) is 0 Å². The van der Waals surface area contributed by atoms with Gasteiger partial charge in [-0.05, 0) is 43.4 Å². The lowest BCUT2D eigenvalue weighted by Gasteiger charge is -2.30. The highest BCUT2D eigenvalue weighted by Crippen LogP contribution is 2.28. The Morgan fingerprint density at radius 3 is 2.88 bits per heavy atom. The van der Waals surface area contributed by atoms with Crippen molar-refractivity contribution in [2.45, 2.75) is 31.7 Å². The largest absolute Gasteiger partial charge is 0.309 e. The van der Waals surface area contributed by atoms with E-state index in [1.807, 2.05) is 0 Å². The number of nitrogens with one attached hydrogen (secondary N) is 1. The third kappa shape index (κ3) is 2.34. The molecule has 1 aromatic rings. The van der Waals surface area contributed by atoms with E-state index in [-0.39, 0.29) is 0 Å². The average Bonchev–Trinajstić information content (AvgIpc) is 2.40. The molecule has 17 heavy (non-hydrogen) atoms. The molecule has 0 spiro atoms. The van der Waals surface area contributed by atoms with Crippen molar-refractivity contribution in [1.29, 1.82) is 0 Å². The Labute approximate surface area is 103 Å². The van der Waals surface area contributed by atoms with Gasteiger partial charge >= 0.3 is 0 Å². The van der Waals surface area contributed by atoms with Crippen LogP contribution in [0.2, 0.25) is 0 Å². The maximum Gasteiger partial charge on any atom is 0.0360 e. The molecule has 1 unspecified atom stereocenters. The summed E-state index contributed by atoms with van der Waals surface area (Å²) in [5.41, 5.74) is 4.68. The van der Waals surface area contributed by atoms with Crippen LogP contribution in [0, 0.1) is 0 Å². The van der Waals surface area contributed by atoms with Crippen LogP contribution < -0.4 is 5.32 Å². The average molecular weight is 225 g/mol. The van der Waals surface area contributed by atoms with Crippen LogP contribution in [0.15, 0.2) is 53.6 Å². The summed E-state index contributed by atoms with van der Waals surface area (Å²) in [4.78, 5) is 0. The minimum atomic E-state index is 0.526. The van der Waals surface area contributed by atoms with E-state index >= 15 is 0 Å². The van der Waals surface area contributed by atoms with Crippen LogP contribution in [0.4, 0.5) is 0 Å². The van der Waals surface area contributed by atoms with Gasteiger partial charge in [-0.25, -0.2) is 0 Å². The fraction of sp³-hybridized carbons (Fsp3) is 0.375. The molecule has 0 fully saturated rings. The molecule has 0 saturated heterocycles. The maximum atomic E-state index is 3.66. The summed E-state index contributed by atoms with van der Waals surface area (Å²) >= 11 is 0. The van der Waals surface area contributed by atoms with E-state index < -0.39 is 0 Å². The molecular weight excluding hydrogens is 206 g/mol. The van der Waals surface area contributed by atoms with Gasteiger partial charge in [0.2, 0.25) is 0 Å². The number of benzene rings is 1. The minimum Gasteiger partial charge on any atom is -0.309 e. The van der Waals surface area contributed by atoms with Gasteiger partial charge in [0, 0.05) is 6.04 Å². The van der Waals surface area contributed by atoms with Gasteiger partial charge in [0.05, 0.1) is 0 Å². The Balaban J connectivity index is 1.81. The van der Waals surface area contributed by atoms with E-state index in [0.717, 1.165) is 13.0 Å². The zero-order chi connectivity index (χ0) is 11.5. The third-order valence-electron chi connectivity index (χ3n) is 3.79. The van der Waals surface area contributed by atoms with Crippen LogP contribution in [-0.4, -0.2) is 12.6 Å². The molecule has 1 aromatic carbocycles. The Morgan fingerprint density at radius 1 is 1.12 bits per heavy atom. The normalized spacial score (nSPS) is 23.6. The van der Waals surface area contributed by atoms with Gasteiger partial charge in [0.1, 0.15) is 0 Å². The van der Waals surface area contributed by atoms with Crippen molar-refractivity contribution < 1.29 is 0 Å². The number of hydrogen-bond donors (Lipinski definition) is 1. The topological polar surface area (TPSA) is 12.0 Å². The van der Waals surface area contributed by atoms with Crippen molar-refractivity contribution in [3.05, 3.63) is 59.2 Å². The molecule has 0 saturated carbocycles. The smallest absolute Gasteiger partial charge is 0.0360 e. The molecular formula is C16H19N. The van der Waals surface area contributed by atoms with Crippen LogP contribution in [0.5, 0.6) is 0 Å². The van der Waals surface area contributed by atoms with Crippen LogP contribution in [0.3, 0.4) is 0 Å². The molecule has 0 radical (unpaired) electrons. The molecule has 1 aliphatic heterocycles. The Morgan fingerprint density at radius 2 is 2.00 bits per heavy atom. The second-order valence-corrected chi connectivity index (χ2v) is 4.95. The summed E-state index contributed by atoms with van der Waals surface area (Å²) in [6, 6.07) is 11.3. The van der Waals surface area contributed by atoms with Crippen LogP contribution in [0.25, 0.3) is 0 Å². The highest BCUT2D eigenvalue weighted by Gasteiger charge is 2.22. The molecule has 2 aliphatic rings. The van der Waals surface area contributed by atoms with Gasteiger partial charge in [0.15, 0.2) is 0 Å². The van der Waals surface area contributed by atoms with E-state index in [4.69, 9.17) is 0 Å². The summed E-state index contributed by atoms with van der Waals surface area (Å²) in [5, 5.41) is 3.66. The monoisotopic (exact) mass is 225 g/mol. The van der Waals surface area contributed by atoms with Crippen LogP contribution >= 0.6 is 0 Å². The highest BCUT2D eigenvalue weighted by molar-refractivity contribution is 5.37. The minimum absolute atomic E-state index is 0.526. The van der Waals surface area contributed by atoms with Crippen molar-refractivity contribution in [3.8, 4) is 0 Å². The molecule has 0 bridgehead atoms. The molecule has 1 heterocycles. The first kappa shape index (κ1) is 10.8. The number of rotatable bonds is 2. The zero-order valence-electron chi connectivity index (χ0n) is 10.2.